The second-order valence-electron chi connectivity index (χ2n) is 2.72. The molecule has 1 rings (SSSR count). The molecule has 0 N–H and O–H groups in total. The van der Waals surface area contributed by atoms with E-state index in [1.807, 2.05) is 33.8 Å². The van der Waals surface area contributed by atoms with Crippen LogP contribution in [0.5, 0.6) is 0 Å². The molecule has 0 aliphatic carbocycles. The first-order valence-corrected chi connectivity index (χ1v) is 4.89. The SMILES string of the molecule is CC.CCc1ccc([N+](=O)[O-])cc1C. The Morgan fingerprint density at radius 3 is 2.29 bits per heavy atom. The predicted octanol–water partition coefficient (Wildman–Crippen LogP) is 3.49. The minimum Gasteiger partial charge on any atom is -0.258 e. The van der Waals surface area contributed by atoms with Crippen molar-refractivity contribution in [2.24, 2.45) is 0 Å². The van der Waals surface area contributed by atoms with Gasteiger partial charge in [-0.3, -0.25) is 10.1 Å². The lowest BCUT2D eigenvalue weighted by atomic mass is 10.1. The van der Waals surface area contributed by atoms with Crippen LogP contribution in [0.1, 0.15) is 31.9 Å². The first-order chi connectivity index (χ1) is 6.65. The monoisotopic (exact) mass is 195 g/mol. The van der Waals surface area contributed by atoms with Gasteiger partial charge in [0, 0.05) is 12.1 Å². The summed E-state index contributed by atoms with van der Waals surface area (Å²) < 4.78 is 0. The zero-order chi connectivity index (χ0) is 11.1. The summed E-state index contributed by atoms with van der Waals surface area (Å²) in [6, 6.07) is 4.97. The number of nitrogens with zero attached hydrogens (tertiary/aromatic N) is 1. The van der Waals surface area contributed by atoms with Crippen LogP contribution in [0.3, 0.4) is 0 Å². The summed E-state index contributed by atoms with van der Waals surface area (Å²) in [5, 5.41) is 10.4. The van der Waals surface area contributed by atoms with Crippen LogP contribution in [0.15, 0.2) is 18.2 Å². The second kappa shape index (κ2) is 6.13. The van der Waals surface area contributed by atoms with Gasteiger partial charge in [-0.25, -0.2) is 0 Å². The lowest BCUT2D eigenvalue weighted by Crippen LogP contribution is -1.91. The Balaban J connectivity index is 0.000000791. The van der Waals surface area contributed by atoms with Crippen molar-refractivity contribution >= 4 is 5.69 Å². The minimum absolute atomic E-state index is 0.171. The van der Waals surface area contributed by atoms with Gasteiger partial charge in [-0.15, -0.1) is 0 Å². The molecule has 14 heavy (non-hydrogen) atoms. The van der Waals surface area contributed by atoms with Crippen LogP contribution < -0.4 is 0 Å². The molecule has 0 saturated heterocycles. The molecule has 0 bridgehead atoms. The average molecular weight is 195 g/mol. The van der Waals surface area contributed by atoms with Crippen molar-refractivity contribution in [3.8, 4) is 0 Å². The van der Waals surface area contributed by atoms with Crippen LogP contribution in [0.2, 0.25) is 0 Å². The van der Waals surface area contributed by atoms with Crippen LogP contribution in [0.25, 0.3) is 0 Å². The molecule has 0 radical (unpaired) electrons. The van der Waals surface area contributed by atoms with Gasteiger partial charge in [-0.1, -0.05) is 26.8 Å². The van der Waals surface area contributed by atoms with Gasteiger partial charge >= 0.3 is 0 Å². The molecule has 0 amide bonds. The van der Waals surface area contributed by atoms with Crippen molar-refractivity contribution in [2.75, 3.05) is 0 Å². The normalized spacial score (nSPS) is 8.86. The second-order valence-corrected chi connectivity index (χ2v) is 2.72. The summed E-state index contributed by atoms with van der Waals surface area (Å²) in [5.74, 6) is 0. The van der Waals surface area contributed by atoms with E-state index in [0.29, 0.717) is 0 Å². The first kappa shape index (κ1) is 12.6. The van der Waals surface area contributed by atoms with Gasteiger partial charge in [0.1, 0.15) is 0 Å². The van der Waals surface area contributed by atoms with Gasteiger partial charge in [0.15, 0.2) is 0 Å². The van der Waals surface area contributed by atoms with Gasteiger partial charge < -0.3 is 0 Å². The maximum absolute atomic E-state index is 10.4. The number of aryl methyl sites for hydroxylation is 2. The van der Waals surface area contributed by atoms with E-state index >= 15 is 0 Å². The number of benzene rings is 1. The summed E-state index contributed by atoms with van der Waals surface area (Å²) in [6.45, 7) is 7.93. The van der Waals surface area contributed by atoms with E-state index in [4.69, 9.17) is 0 Å². The number of nitro benzene ring substituents is 1. The molecule has 0 spiro atoms. The molecular formula is C11H17NO2. The van der Waals surface area contributed by atoms with Gasteiger partial charge in [0.05, 0.1) is 4.92 Å². The molecule has 0 heterocycles. The lowest BCUT2D eigenvalue weighted by molar-refractivity contribution is -0.384. The Morgan fingerprint density at radius 1 is 1.36 bits per heavy atom. The van der Waals surface area contributed by atoms with E-state index in [9.17, 15) is 10.1 Å². The van der Waals surface area contributed by atoms with Crippen LogP contribution in [-0.4, -0.2) is 4.92 Å². The fourth-order valence-corrected chi connectivity index (χ4v) is 1.19. The fourth-order valence-electron chi connectivity index (χ4n) is 1.19. The fraction of sp³-hybridized carbons (Fsp3) is 0.455. The Hall–Kier alpha value is -1.38. The van der Waals surface area contributed by atoms with Crippen molar-refractivity contribution in [2.45, 2.75) is 34.1 Å². The minimum atomic E-state index is -0.369. The molecule has 0 atom stereocenters. The first-order valence-electron chi connectivity index (χ1n) is 4.89. The van der Waals surface area contributed by atoms with E-state index < -0.39 is 0 Å². The molecule has 0 aliphatic heterocycles. The van der Waals surface area contributed by atoms with Crippen molar-refractivity contribution < 1.29 is 4.92 Å². The Kier molecular flexibility index (Phi) is 5.53. The largest absolute Gasteiger partial charge is 0.269 e. The molecule has 1 aromatic carbocycles. The molecule has 0 unspecified atom stereocenters. The summed E-state index contributed by atoms with van der Waals surface area (Å²) in [6.07, 6.45) is 0.920. The maximum atomic E-state index is 10.4. The highest BCUT2D eigenvalue weighted by atomic mass is 16.6. The van der Waals surface area contributed by atoms with E-state index in [-0.39, 0.29) is 10.6 Å². The van der Waals surface area contributed by atoms with Gasteiger partial charge in [-0.05, 0) is 24.5 Å². The van der Waals surface area contributed by atoms with E-state index in [1.54, 1.807) is 12.1 Å². The van der Waals surface area contributed by atoms with Crippen molar-refractivity contribution in [1.29, 1.82) is 0 Å². The molecule has 0 fully saturated rings. The molecule has 0 aromatic heterocycles. The quantitative estimate of drug-likeness (QED) is 0.535. The van der Waals surface area contributed by atoms with E-state index in [2.05, 4.69) is 0 Å². The lowest BCUT2D eigenvalue weighted by Gasteiger charge is -2.00. The van der Waals surface area contributed by atoms with Crippen LogP contribution in [0.4, 0.5) is 5.69 Å². The van der Waals surface area contributed by atoms with Crippen molar-refractivity contribution in [3.63, 3.8) is 0 Å². The van der Waals surface area contributed by atoms with Crippen LogP contribution >= 0.6 is 0 Å². The maximum Gasteiger partial charge on any atom is 0.269 e. The average Bonchev–Trinajstić information content (AvgIpc) is 2.20. The Bertz CT molecular complexity index is 308. The zero-order valence-electron chi connectivity index (χ0n) is 9.20. The van der Waals surface area contributed by atoms with Crippen LogP contribution in [0, 0.1) is 17.0 Å². The summed E-state index contributed by atoms with van der Waals surface area (Å²) in [4.78, 5) is 9.99. The highest BCUT2D eigenvalue weighted by molar-refractivity contribution is 5.39. The van der Waals surface area contributed by atoms with Gasteiger partial charge in [0.2, 0.25) is 0 Å². The Morgan fingerprint density at radius 2 is 1.93 bits per heavy atom. The summed E-state index contributed by atoms with van der Waals surface area (Å²) >= 11 is 0. The van der Waals surface area contributed by atoms with Crippen molar-refractivity contribution in [1.82, 2.24) is 0 Å². The van der Waals surface area contributed by atoms with E-state index in [0.717, 1.165) is 12.0 Å². The third-order valence-corrected chi connectivity index (χ3v) is 1.92. The van der Waals surface area contributed by atoms with Gasteiger partial charge in [0.25, 0.3) is 5.69 Å². The molecular weight excluding hydrogens is 178 g/mol. The Labute approximate surface area is 84.9 Å². The summed E-state index contributed by atoms with van der Waals surface area (Å²) in [5.41, 5.74) is 2.33. The van der Waals surface area contributed by atoms with Crippen LogP contribution in [-0.2, 0) is 6.42 Å². The topological polar surface area (TPSA) is 43.1 Å². The molecule has 0 aliphatic rings. The number of nitro groups is 1. The molecule has 3 heteroatoms. The highest BCUT2D eigenvalue weighted by Crippen LogP contribution is 2.16. The standard InChI is InChI=1S/C9H11NO2.C2H6/c1-3-8-4-5-9(10(11)12)6-7(8)2;1-2/h4-6H,3H2,1-2H3;1-2H3. The molecule has 78 valence electrons. The molecule has 1 aromatic rings. The van der Waals surface area contributed by atoms with Gasteiger partial charge in [-0.2, -0.15) is 0 Å². The summed E-state index contributed by atoms with van der Waals surface area (Å²) in [7, 11) is 0. The predicted molar refractivity (Wildman–Crippen MR) is 58.6 cm³/mol. The smallest absolute Gasteiger partial charge is 0.258 e. The zero-order valence-corrected chi connectivity index (χ0v) is 9.20. The molecule has 0 saturated carbocycles. The van der Waals surface area contributed by atoms with Crippen molar-refractivity contribution in [3.05, 3.63) is 39.4 Å². The third kappa shape index (κ3) is 3.17. The van der Waals surface area contributed by atoms with E-state index in [1.165, 1.54) is 5.56 Å². The number of hydrogen-bond acceptors (Lipinski definition) is 2. The highest BCUT2D eigenvalue weighted by Gasteiger charge is 2.05. The number of hydrogen-bond donors (Lipinski definition) is 0. The third-order valence-electron chi connectivity index (χ3n) is 1.92. The number of non-ortho nitro benzene ring substituents is 1. The number of rotatable bonds is 2. The molecule has 3 nitrogen and oxygen atoms in total.